The van der Waals surface area contributed by atoms with E-state index in [0.717, 1.165) is 16.7 Å². The molecule has 0 unspecified atom stereocenters. The zero-order valence-corrected chi connectivity index (χ0v) is 20.9. The molecule has 4 rings (SSSR count). The molecule has 0 N–H and O–H groups in total. The summed E-state index contributed by atoms with van der Waals surface area (Å²) in [4.78, 5) is 1.21. The summed E-state index contributed by atoms with van der Waals surface area (Å²) in [6.45, 7) is 4.68. The van der Waals surface area contributed by atoms with Gasteiger partial charge in [-0.05, 0) is 61.6 Å². The Hall–Kier alpha value is -2.96. The average molecular weight is 497 g/mol. The van der Waals surface area contributed by atoms with Crippen molar-refractivity contribution in [2.24, 2.45) is 0 Å². The second-order valence-electron chi connectivity index (χ2n) is 7.72. The topological polar surface area (TPSA) is 36.3 Å². The highest BCUT2D eigenvalue weighted by Gasteiger charge is 2.21. The zero-order valence-electron chi connectivity index (χ0n) is 19.3. The third-order valence-electron chi connectivity index (χ3n) is 5.34. The first kappa shape index (κ1) is 24.2. The molecule has 0 spiro atoms. The predicted molar refractivity (Wildman–Crippen MR) is 138 cm³/mol. The maximum atomic E-state index is 15.1. The standard InChI is InChI=1S/C27H26ClFN2O2S/c1-4-32-27-25(29)26(21-7-5-6-18(2)16-21)30-31(27)14-15-33-24-13-10-20(17-23(24)28)19-8-11-22(34-3)12-9-19/h5-13,16-17H,4,14-15H2,1-3H3. The van der Waals surface area contributed by atoms with Gasteiger partial charge in [-0.15, -0.1) is 11.8 Å². The Morgan fingerprint density at radius 1 is 0.971 bits per heavy atom. The van der Waals surface area contributed by atoms with E-state index in [2.05, 4.69) is 35.6 Å². The summed E-state index contributed by atoms with van der Waals surface area (Å²) in [6.07, 6.45) is 2.05. The Morgan fingerprint density at radius 2 is 1.74 bits per heavy atom. The van der Waals surface area contributed by atoms with Gasteiger partial charge in [0.15, 0.2) is 0 Å². The van der Waals surface area contributed by atoms with E-state index in [1.54, 1.807) is 11.8 Å². The van der Waals surface area contributed by atoms with E-state index in [1.165, 1.54) is 9.58 Å². The fourth-order valence-electron chi connectivity index (χ4n) is 3.65. The van der Waals surface area contributed by atoms with Gasteiger partial charge in [-0.25, -0.2) is 4.68 Å². The SMILES string of the molecule is CCOc1c(F)c(-c2cccc(C)c2)nn1CCOc1ccc(-c2ccc(SC)cc2)cc1Cl. The van der Waals surface area contributed by atoms with Crippen LogP contribution in [0.5, 0.6) is 11.6 Å². The molecule has 0 aliphatic heterocycles. The van der Waals surface area contributed by atoms with Gasteiger partial charge in [-0.2, -0.15) is 9.49 Å². The van der Waals surface area contributed by atoms with Crippen LogP contribution in [0.4, 0.5) is 4.39 Å². The molecule has 34 heavy (non-hydrogen) atoms. The Morgan fingerprint density at radius 3 is 2.41 bits per heavy atom. The molecule has 176 valence electrons. The lowest BCUT2D eigenvalue weighted by Crippen LogP contribution is -2.12. The van der Waals surface area contributed by atoms with Crippen molar-refractivity contribution >= 4 is 23.4 Å². The van der Waals surface area contributed by atoms with Crippen molar-refractivity contribution < 1.29 is 13.9 Å². The van der Waals surface area contributed by atoms with Crippen LogP contribution in [0.15, 0.2) is 71.6 Å². The Kier molecular flexibility index (Phi) is 7.80. The number of hydrogen-bond acceptors (Lipinski definition) is 4. The first-order valence-corrected chi connectivity index (χ1v) is 12.6. The van der Waals surface area contributed by atoms with Gasteiger partial charge in [-0.1, -0.05) is 53.6 Å². The Labute approximate surface area is 208 Å². The fraction of sp³-hybridized carbons (Fsp3) is 0.222. The van der Waals surface area contributed by atoms with Crippen molar-refractivity contribution in [1.82, 2.24) is 9.78 Å². The summed E-state index contributed by atoms with van der Waals surface area (Å²) in [5.41, 5.74) is 4.11. The van der Waals surface area contributed by atoms with Crippen molar-refractivity contribution in [2.75, 3.05) is 19.5 Å². The molecule has 0 saturated heterocycles. The van der Waals surface area contributed by atoms with Crippen molar-refractivity contribution in [3.8, 4) is 34.0 Å². The summed E-state index contributed by atoms with van der Waals surface area (Å²) in [5.74, 6) is 0.204. The van der Waals surface area contributed by atoms with Crippen molar-refractivity contribution in [3.63, 3.8) is 0 Å². The summed E-state index contributed by atoms with van der Waals surface area (Å²) in [5, 5.41) is 4.98. The molecule has 0 bridgehead atoms. The van der Waals surface area contributed by atoms with Crippen LogP contribution < -0.4 is 9.47 Å². The molecule has 1 heterocycles. The molecule has 0 radical (unpaired) electrons. The van der Waals surface area contributed by atoms with Crippen LogP contribution in [0, 0.1) is 12.7 Å². The molecule has 4 nitrogen and oxygen atoms in total. The first-order valence-electron chi connectivity index (χ1n) is 11.0. The van der Waals surface area contributed by atoms with Gasteiger partial charge < -0.3 is 9.47 Å². The minimum absolute atomic E-state index is 0.109. The number of nitrogens with zero attached hydrogens (tertiary/aromatic N) is 2. The Bertz CT molecular complexity index is 1270. The molecule has 4 aromatic rings. The summed E-state index contributed by atoms with van der Waals surface area (Å²) < 4.78 is 28.1. The van der Waals surface area contributed by atoms with Crippen LogP contribution in [0.3, 0.4) is 0 Å². The van der Waals surface area contributed by atoms with E-state index >= 15 is 4.39 Å². The summed E-state index contributed by atoms with van der Waals surface area (Å²) in [7, 11) is 0. The lowest BCUT2D eigenvalue weighted by Gasteiger charge is -2.11. The number of hydrogen-bond donors (Lipinski definition) is 0. The van der Waals surface area contributed by atoms with Gasteiger partial charge in [0.05, 0.1) is 18.2 Å². The zero-order chi connectivity index (χ0) is 24.1. The minimum atomic E-state index is -0.470. The molecule has 1 aromatic heterocycles. The molecule has 0 atom stereocenters. The van der Waals surface area contributed by atoms with E-state index in [-0.39, 0.29) is 18.2 Å². The Balaban J connectivity index is 1.48. The van der Waals surface area contributed by atoms with E-state index in [1.807, 2.05) is 56.3 Å². The van der Waals surface area contributed by atoms with Gasteiger partial charge in [0, 0.05) is 10.5 Å². The predicted octanol–water partition coefficient (Wildman–Crippen LogP) is 7.52. The van der Waals surface area contributed by atoms with Crippen LogP contribution in [0.1, 0.15) is 12.5 Å². The van der Waals surface area contributed by atoms with Crippen molar-refractivity contribution in [2.45, 2.75) is 25.3 Å². The maximum absolute atomic E-state index is 15.1. The highest BCUT2D eigenvalue weighted by molar-refractivity contribution is 7.98. The molecular formula is C27H26ClFN2O2S. The molecular weight excluding hydrogens is 471 g/mol. The highest BCUT2D eigenvalue weighted by Crippen LogP contribution is 2.32. The molecule has 3 aromatic carbocycles. The summed E-state index contributed by atoms with van der Waals surface area (Å²) in [6, 6.07) is 21.6. The molecule has 7 heteroatoms. The van der Waals surface area contributed by atoms with Gasteiger partial charge >= 0.3 is 0 Å². The van der Waals surface area contributed by atoms with Crippen molar-refractivity contribution in [3.05, 3.63) is 83.1 Å². The number of benzene rings is 3. The third kappa shape index (κ3) is 5.40. The van der Waals surface area contributed by atoms with Crippen LogP contribution in [0.2, 0.25) is 5.02 Å². The first-order chi connectivity index (χ1) is 16.5. The molecule has 0 saturated carbocycles. The number of aryl methyl sites for hydroxylation is 1. The normalized spacial score (nSPS) is 11.0. The number of rotatable bonds is 9. The van der Waals surface area contributed by atoms with Crippen LogP contribution in [-0.2, 0) is 6.54 Å². The number of aromatic nitrogens is 2. The van der Waals surface area contributed by atoms with Gasteiger partial charge in [0.1, 0.15) is 18.1 Å². The van der Waals surface area contributed by atoms with E-state index in [0.29, 0.717) is 29.5 Å². The molecule has 0 fully saturated rings. The summed E-state index contributed by atoms with van der Waals surface area (Å²) >= 11 is 8.19. The van der Waals surface area contributed by atoms with Crippen LogP contribution >= 0.6 is 23.4 Å². The third-order valence-corrected chi connectivity index (χ3v) is 6.38. The van der Waals surface area contributed by atoms with Gasteiger partial charge in [0.25, 0.3) is 0 Å². The number of halogens is 2. The second kappa shape index (κ2) is 11.0. The van der Waals surface area contributed by atoms with Crippen molar-refractivity contribution in [1.29, 1.82) is 0 Å². The lowest BCUT2D eigenvalue weighted by atomic mass is 10.1. The fourth-order valence-corrected chi connectivity index (χ4v) is 4.29. The van der Waals surface area contributed by atoms with E-state index in [4.69, 9.17) is 21.1 Å². The largest absolute Gasteiger partial charge is 0.490 e. The molecule has 0 aliphatic rings. The quantitative estimate of drug-likeness (QED) is 0.224. The van der Waals surface area contributed by atoms with Gasteiger partial charge in [0.2, 0.25) is 11.7 Å². The average Bonchev–Trinajstić information content (AvgIpc) is 3.15. The molecule has 0 amide bonds. The number of thioether (sulfide) groups is 1. The number of ether oxygens (including phenoxy) is 2. The van der Waals surface area contributed by atoms with E-state index < -0.39 is 5.82 Å². The van der Waals surface area contributed by atoms with Crippen LogP contribution in [0.25, 0.3) is 22.4 Å². The molecule has 0 aliphatic carbocycles. The van der Waals surface area contributed by atoms with Crippen LogP contribution in [-0.4, -0.2) is 29.3 Å². The minimum Gasteiger partial charge on any atom is -0.490 e. The smallest absolute Gasteiger partial charge is 0.249 e. The maximum Gasteiger partial charge on any atom is 0.249 e. The highest BCUT2D eigenvalue weighted by atomic mass is 35.5. The van der Waals surface area contributed by atoms with Gasteiger partial charge in [-0.3, -0.25) is 0 Å². The second-order valence-corrected chi connectivity index (χ2v) is 9.00. The monoisotopic (exact) mass is 496 g/mol. The lowest BCUT2D eigenvalue weighted by molar-refractivity contribution is 0.253. The van der Waals surface area contributed by atoms with E-state index in [9.17, 15) is 0 Å².